The van der Waals surface area contributed by atoms with Crippen molar-refractivity contribution in [1.82, 2.24) is 0 Å². The topological polar surface area (TPSA) is 18.5 Å². The van der Waals surface area contributed by atoms with E-state index in [0.29, 0.717) is 5.92 Å². The Balaban J connectivity index is 2.04. The van der Waals surface area contributed by atoms with Crippen LogP contribution in [-0.2, 0) is 0 Å². The molecule has 0 aliphatic rings. The fourth-order valence-electron chi connectivity index (χ4n) is 1.99. The van der Waals surface area contributed by atoms with E-state index in [1.165, 1.54) is 11.1 Å². The number of methoxy groups -OCH3 is 2. The largest absolute Gasteiger partial charge is 0.497 e. The molecule has 0 N–H and O–H groups in total. The first-order chi connectivity index (χ1) is 9.72. The van der Waals surface area contributed by atoms with Crippen LogP contribution in [0.3, 0.4) is 0 Å². The van der Waals surface area contributed by atoms with Gasteiger partial charge in [0.25, 0.3) is 0 Å². The summed E-state index contributed by atoms with van der Waals surface area (Å²) in [6.07, 6.45) is 4.33. The molecule has 2 heteroatoms. The van der Waals surface area contributed by atoms with Crippen LogP contribution in [0.1, 0.15) is 24.0 Å². The first-order valence-electron chi connectivity index (χ1n) is 6.69. The van der Waals surface area contributed by atoms with Gasteiger partial charge in [0.2, 0.25) is 0 Å². The summed E-state index contributed by atoms with van der Waals surface area (Å²) in [5, 5.41) is 0. The zero-order valence-corrected chi connectivity index (χ0v) is 12.2. The Labute approximate surface area is 120 Å². The monoisotopic (exact) mass is 268 g/mol. The van der Waals surface area contributed by atoms with Crippen molar-refractivity contribution in [3.05, 3.63) is 65.7 Å². The fourth-order valence-corrected chi connectivity index (χ4v) is 1.99. The maximum Gasteiger partial charge on any atom is 0.118 e. The smallest absolute Gasteiger partial charge is 0.118 e. The minimum atomic E-state index is 0.364. The van der Waals surface area contributed by atoms with Gasteiger partial charge in [0, 0.05) is 0 Å². The van der Waals surface area contributed by atoms with Gasteiger partial charge in [0.1, 0.15) is 11.5 Å². The zero-order valence-electron chi connectivity index (χ0n) is 12.2. The Bertz CT molecular complexity index is 553. The molecule has 0 bridgehead atoms. The third kappa shape index (κ3) is 3.64. The highest BCUT2D eigenvalue weighted by atomic mass is 16.5. The SMILES string of the molecule is COc1ccc(/C=C/C(C)c2ccc(OC)cc2)cc1. The van der Waals surface area contributed by atoms with Gasteiger partial charge in [0.05, 0.1) is 14.2 Å². The van der Waals surface area contributed by atoms with Crippen LogP contribution in [0.4, 0.5) is 0 Å². The molecule has 0 amide bonds. The fraction of sp³-hybridized carbons (Fsp3) is 0.222. The van der Waals surface area contributed by atoms with Crippen molar-refractivity contribution in [3.63, 3.8) is 0 Å². The number of hydrogen-bond donors (Lipinski definition) is 0. The molecule has 2 aromatic rings. The molecule has 104 valence electrons. The van der Waals surface area contributed by atoms with Crippen molar-refractivity contribution >= 4 is 6.08 Å². The molecule has 0 spiro atoms. The lowest BCUT2D eigenvalue weighted by Gasteiger charge is -2.08. The number of allylic oxidation sites excluding steroid dienone is 1. The summed E-state index contributed by atoms with van der Waals surface area (Å²) >= 11 is 0. The molecule has 0 fully saturated rings. The summed E-state index contributed by atoms with van der Waals surface area (Å²) in [5.41, 5.74) is 2.45. The molecular weight excluding hydrogens is 248 g/mol. The van der Waals surface area contributed by atoms with Crippen LogP contribution in [-0.4, -0.2) is 14.2 Å². The summed E-state index contributed by atoms with van der Waals surface area (Å²) < 4.78 is 10.3. The minimum absolute atomic E-state index is 0.364. The third-order valence-corrected chi connectivity index (χ3v) is 3.33. The summed E-state index contributed by atoms with van der Waals surface area (Å²) in [6.45, 7) is 2.18. The van der Waals surface area contributed by atoms with Gasteiger partial charge in [-0.1, -0.05) is 43.3 Å². The highest BCUT2D eigenvalue weighted by Gasteiger charge is 2.01. The van der Waals surface area contributed by atoms with Crippen LogP contribution in [0.15, 0.2) is 54.6 Å². The molecule has 0 aliphatic carbocycles. The van der Waals surface area contributed by atoms with Crippen molar-refractivity contribution in [2.24, 2.45) is 0 Å². The Morgan fingerprint density at radius 2 is 1.30 bits per heavy atom. The molecule has 0 heterocycles. The molecule has 2 aromatic carbocycles. The van der Waals surface area contributed by atoms with E-state index < -0.39 is 0 Å². The second-order valence-corrected chi connectivity index (χ2v) is 4.69. The lowest BCUT2D eigenvalue weighted by atomic mass is 10.00. The Hall–Kier alpha value is -2.22. The van der Waals surface area contributed by atoms with E-state index in [2.05, 4.69) is 43.3 Å². The van der Waals surface area contributed by atoms with Crippen LogP contribution < -0.4 is 9.47 Å². The summed E-state index contributed by atoms with van der Waals surface area (Å²) in [5.74, 6) is 2.13. The number of ether oxygens (including phenoxy) is 2. The van der Waals surface area contributed by atoms with Crippen molar-refractivity contribution < 1.29 is 9.47 Å². The Morgan fingerprint density at radius 1 is 0.800 bits per heavy atom. The molecule has 0 radical (unpaired) electrons. The second-order valence-electron chi connectivity index (χ2n) is 4.69. The standard InChI is InChI=1S/C18H20O2/c1-14(16-8-12-18(20-3)13-9-16)4-5-15-6-10-17(19-2)11-7-15/h4-14H,1-3H3/b5-4+. The van der Waals surface area contributed by atoms with Crippen molar-refractivity contribution in [2.75, 3.05) is 14.2 Å². The average molecular weight is 268 g/mol. The number of rotatable bonds is 5. The maximum atomic E-state index is 5.17. The molecule has 0 saturated carbocycles. The van der Waals surface area contributed by atoms with Crippen LogP contribution in [0.2, 0.25) is 0 Å². The lowest BCUT2D eigenvalue weighted by molar-refractivity contribution is 0.414. The maximum absolute atomic E-state index is 5.17. The molecule has 1 unspecified atom stereocenters. The molecular formula is C18H20O2. The zero-order chi connectivity index (χ0) is 14.4. The summed E-state index contributed by atoms with van der Waals surface area (Å²) in [4.78, 5) is 0. The van der Waals surface area contributed by atoms with Gasteiger partial charge in [-0.15, -0.1) is 0 Å². The van der Waals surface area contributed by atoms with Gasteiger partial charge in [-0.05, 0) is 41.3 Å². The van der Waals surface area contributed by atoms with Crippen molar-refractivity contribution in [1.29, 1.82) is 0 Å². The van der Waals surface area contributed by atoms with E-state index in [-0.39, 0.29) is 0 Å². The predicted molar refractivity (Wildman–Crippen MR) is 83.4 cm³/mol. The van der Waals surface area contributed by atoms with Crippen LogP contribution in [0.25, 0.3) is 6.08 Å². The first-order valence-corrected chi connectivity index (χ1v) is 6.69. The van der Waals surface area contributed by atoms with Gasteiger partial charge in [-0.3, -0.25) is 0 Å². The van der Waals surface area contributed by atoms with E-state index in [9.17, 15) is 0 Å². The van der Waals surface area contributed by atoms with E-state index in [1.807, 2.05) is 24.3 Å². The van der Waals surface area contributed by atoms with Crippen LogP contribution >= 0.6 is 0 Å². The van der Waals surface area contributed by atoms with Gasteiger partial charge >= 0.3 is 0 Å². The third-order valence-electron chi connectivity index (χ3n) is 3.33. The normalized spacial score (nSPS) is 12.3. The van der Waals surface area contributed by atoms with Crippen LogP contribution in [0.5, 0.6) is 11.5 Å². The highest BCUT2D eigenvalue weighted by Crippen LogP contribution is 2.21. The second kappa shape index (κ2) is 6.80. The van der Waals surface area contributed by atoms with E-state index in [1.54, 1.807) is 14.2 Å². The van der Waals surface area contributed by atoms with Gasteiger partial charge in [-0.2, -0.15) is 0 Å². The molecule has 2 nitrogen and oxygen atoms in total. The molecule has 0 aromatic heterocycles. The highest BCUT2D eigenvalue weighted by molar-refractivity contribution is 5.52. The van der Waals surface area contributed by atoms with Crippen molar-refractivity contribution in [2.45, 2.75) is 12.8 Å². The predicted octanol–water partition coefficient (Wildman–Crippen LogP) is 4.52. The molecule has 1 atom stereocenters. The first kappa shape index (κ1) is 14.2. The lowest BCUT2D eigenvalue weighted by Crippen LogP contribution is -1.90. The molecule has 20 heavy (non-hydrogen) atoms. The van der Waals surface area contributed by atoms with Gasteiger partial charge in [-0.25, -0.2) is 0 Å². The van der Waals surface area contributed by atoms with Gasteiger partial charge < -0.3 is 9.47 Å². The van der Waals surface area contributed by atoms with E-state index in [4.69, 9.17) is 9.47 Å². The Morgan fingerprint density at radius 3 is 1.80 bits per heavy atom. The van der Waals surface area contributed by atoms with E-state index in [0.717, 1.165) is 11.5 Å². The van der Waals surface area contributed by atoms with Crippen molar-refractivity contribution in [3.8, 4) is 11.5 Å². The molecule has 0 aliphatic heterocycles. The van der Waals surface area contributed by atoms with Crippen LogP contribution in [0, 0.1) is 0 Å². The van der Waals surface area contributed by atoms with E-state index >= 15 is 0 Å². The number of hydrogen-bond acceptors (Lipinski definition) is 2. The molecule has 0 saturated heterocycles. The summed E-state index contributed by atoms with van der Waals surface area (Å²) in [7, 11) is 3.36. The summed E-state index contributed by atoms with van der Waals surface area (Å²) in [6, 6.07) is 16.2. The number of benzene rings is 2. The quantitative estimate of drug-likeness (QED) is 0.793. The van der Waals surface area contributed by atoms with Gasteiger partial charge in [0.15, 0.2) is 0 Å². The minimum Gasteiger partial charge on any atom is -0.497 e. The average Bonchev–Trinajstić information content (AvgIpc) is 2.53. The molecule has 2 rings (SSSR count). The Kier molecular flexibility index (Phi) is 4.83.